The molecule has 0 radical (unpaired) electrons. The van der Waals surface area contributed by atoms with Gasteiger partial charge in [0.25, 0.3) is 0 Å². The zero-order valence-corrected chi connectivity index (χ0v) is 18.7. The van der Waals surface area contributed by atoms with Crippen LogP contribution in [0.25, 0.3) is 5.73 Å². The Hall–Kier alpha value is 3.36. The molecular weight excluding hydrogens is 961 g/mol. The molecule has 0 aromatic carbocycles. The van der Waals surface area contributed by atoms with Crippen molar-refractivity contribution in [2.45, 2.75) is 0 Å². The van der Waals surface area contributed by atoms with Gasteiger partial charge in [-0.2, -0.15) is 7.05 Å². The summed E-state index contributed by atoms with van der Waals surface area (Å²) >= 11 is 0. The Balaban J connectivity index is -0.000000000333. The smallest absolute Gasteiger partial charge is 0 e. The van der Waals surface area contributed by atoms with Gasteiger partial charge in [-0.05, 0) is 0 Å². The molecule has 0 aromatic rings. The standard InChI is InChI=1S/CH4N.H2O.5W/c1-2;;;;;;/h2H,1H3;1H2;;;;;/q-1;;;;;;. The molecule has 2 nitrogen and oxygen atoms in total. The Kier molecular flexibility index (Phi) is 644. The minimum Gasteiger partial charge on any atom is -0.680 e. The molecule has 7 heteroatoms. The van der Waals surface area contributed by atoms with E-state index in [9.17, 15) is 0 Å². The Bertz CT molecular complexity index is 12.4. The normalized spacial score (nSPS) is 0.750. The zero-order valence-electron chi connectivity index (χ0n) is 4.04. The molecule has 0 fully saturated rings. The summed E-state index contributed by atoms with van der Waals surface area (Å²) < 4.78 is 0. The van der Waals surface area contributed by atoms with Crippen LogP contribution in [0.2, 0.25) is 0 Å². The molecule has 0 saturated heterocycles. The number of nitrogens with one attached hydrogen (secondary N) is 1. The molecule has 0 aliphatic rings. The van der Waals surface area contributed by atoms with Crippen LogP contribution in [0.15, 0.2) is 0 Å². The Morgan fingerprint density at radius 1 is 0.625 bits per heavy atom. The quantitative estimate of drug-likeness (QED) is 0.325. The van der Waals surface area contributed by atoms with E-state index in [2.05, 4.69) is 0 Å². The molecule has 0 aromatic heterocycles. The molecule has 0 spiro atoms. The van der Waals surface area contributed by atoms with Gasteiger partial charge in [-0.15, -0.1) is 0 Å². The van der Waals surface area contributed by atoms with Crippen molar-refractivity contribution >= 4 is 0 Å². The van der Waals surface area contributed by atoms with Gasteiger partial charge in [-0.3, -0.25) is 0 Å². The van der Waals surface area contributed by atoms with Crippen LogP contribution in [0.1, 0.15) is 0 Å². The molecule has 0 amide bonds. The van der Waals surface area contributed by atoms with Crippen molar-refractivity contribution in [1.29, 1.82) is 0 Å². The second-order valence-electron chi connectivity index (χ2n) is 0. The van der Waals surface area contributed by atoms with Crippen molar-refractivity contribution in [3.63, 3.8) is 0 Å². The Morgan fingerprint density at radius 2 is 0.625 bits per heavy atom. The van der Waals surface area contributed by atoms with Crippen LogP contribution in [0, 0.1) is 0 Å². The zero-order chi connectivity index (χ0) is 2.00. The first-order valence-electron chi connectivity index (χ1n) is 0.500. The first-order chi connectivity index (χ1) is 1.00. The molecule has 0 rings (SSSR count). The van der Waals surface area contributed by atoms with Gasteiger partial charge < -0.3 is 11.2 Å². The topological polar surface area (TPSA) is 55.3 Å². The SMILES string of the molecule is C[NH-].O.[W].[W].[W].[W].[W]. The molecule has 0 unspecified atom stereocenters. The van der Waals surface area contributed by atoms with Crippen molar-refractivity contribution < 1.29 is 111 Å². The van der Waals surface area contributed by atoms with Gasteiger partial charge in [0, 0.05) is 105 Å². The van der Waals surface area contributed by atoms with Crippen LogP contribution < -0.4 is 0 Å². The number of rotatable bonds is 0. The predicted octanol–water partition coefficient (Wildman–Crippen LogP) is -0.169. The van der Waals surface area contributed by atoms with Gasteiger partial charge in [-0.25, -0.2) is 0 Å². The second kappa shape index (κ2) is 80.4. The third-order valence-electron chi connectivity index (χ3n) is 0. The molecule has 0 atom stereocenters. The minimum absolute atomic E-state index is 0. The maximum Gasteiger partial charge on any atom is 0 e. The summed E-state index contributed by atoms with van der Waals surface area (Å²) in [5.74, 6) is 0. The van der Waals surface area contributed by atoms with Gasteiger partial charge in [0.1, 0.15) is 0 Å². The van der Waals surface area contributed by atoms with E-state index in [1.807, 2.05) is 0 Å². The molecule has 3 N–H and O–H groups in total. The van der Waals surface area contributed by atoms with E-state index < -0.39 is 0 Å². The Labute approximate surface area is 122 Å². The van der Waals surface area contributed by atoms with Crippen LogP contribution in [0.3, 0.4) is 0 Å². The van der Waals surface area contributed by atoms with E-state index in [0.29, 0.717) is 0 Å². The van der Waals surface area contributed by atoms with E-state index in [1.54, 1.807) is 0 Å². The van der Waals surface area contributed by atoms with Gasteiger partial charge in [0.05, 0.1) is 0 Å². The predicted molar refractivity (Wildman–Crippen MR) is 13.9 cm³/mol. The van der Waals surface area contributed by atoms with Crippen molar-refractivity contribution in [3.8, 4) is 0 Å². The number of hydrogen-bond donors (Lipinski definition) is 0. The number of hydrogen-bond acceptors (Lipinski definition) is 0. The summed E-state index contributed by atoms with van der Waals surface area (Å²) in [6, 6.07) is 0. The second-order valence-corrected chi connectivity index (χ2v) is 0. The Morgan fingerprint density at radius 3 is 0.625 bits per heavy atom. The molecule has 0 aliphatic heterocycles. The van der Waals surface area contributed by atoms with Crippen LogP contribution >= 0.6 is 0 Å². The van der Waals surface area contributed by atoms with Gasteiger partial charge in [0.15, 0.2) is 0 Å². The van der Waals surface area contributed by atoms with Crippen LogP contribution in [0.5, 0.6) is 0 Å². The van der Waals surface area contributed by atoms with Crippen molar-refractivity contribution in [2.24, 2.45) is 0 Å². The molecule has 0 aliphatic carbocycles. The molecule has 8 heavy (non-hydrogen) atoms. The summed E-state index contributed by atoms with van der Waals surface area (Å²) in [6.45, 7) is 0. The maximum atomic E-state index is 5.75. The monoisotopic (exact) mass is 968 g/mol. The van der Waals surface area contributed by atoms with Crippen LogP contribution in [-0.4, -0.2) is 12.5 Å². The summed E-state index contributed by atoms with van der Waals surface area (Å²) in [7, 11) is 1.25. The average Bonchev–Trinajstić information content (AvgIpc) is 1.00. The van der Waals surface area contributed by atoms with E-state index in [0.717, 1.165) is 0 Å². The molecule has 0 bridgehead atoms. The van der Waals surface area contributed by atoms with E-state index in [1.165, 1.54) is 7.05 Å². The van der Waals surface area contributed by atoms with Crippen molar-refractivity contribution in [2.75, 3.05) is 7.05 Å². The molecule has 0 heterocycles. The fraction of sp³-hybridized carbons (Fsp3) is 1.00. The summed E-state index contributed by atoms with van der Waals surface area (Å²) in [5.41, 5.74) is 5.75. The average molecular weight is 967 g/mol. The van der Waals surface area contributed by atoms with E-state index in [4.69, 9.17) is 5.73 Å². The third-order valence-corrected chi connectivity index (χ3v) is 0. The summed E-state index contributed by atoms with van der Waals surface area (Å²) in [6.07, 6.45) is 0. The van der Waals surface area contributed by atoms with Crippen molar-refractivity contribution in [1.82, 2.24) is 0 Å². The van der Waals surface area contributed by atoms with Gasteiger partial charge >= 0.3 is 0 Å². The summed E-state index contributed by atoms with van der Waals surface area (Å²) in [5, 5.41) is 0. The van der Waals surface area contributed by atoms with Crippen molar-refractivity contribution in [3.05, 3.63) is 5.73 Å². The molecular formula is CH6NOW5-. The largest absolute Gasteiger partial charge is 0.680 e. The molecule has 0 saturated carbocycles. The van der Waals surface area contributed by atoms with E-state index in [-0.39, 0.29) is 111 Å². The van der Waals surface area contributed by atoms with Crippen LogP contribution in [0.4, 0.5) is 0 Å². The molecule has 52 valence electrons. The maximum absolute atomic E-state index is 5.75. The summed E-state index contributed by atoms with van der Waals surface area (Å²) in [4.78, 5) is 0. The van der Waals surface area contributed by atoms with Gasteiger partial charge in [-0.1, -0.05) is 0 Å². The first kappa shape index (κ1) is 64.1. The third kappa shape index (κ3) is 57.9. The minimum atomic E-state index is 0. The van der Waals surface area contributed by atoms with Gasteiger partial charge in [0.2, 0.25) is 0 Å². The fourth-order valence-electron chi connectivity index (χ4n) is 0. The first-order valence-corrected chi connectivity index (χ1v) is 0.500. The fourth-order valence-corrected chi connectivity index (χ4v) is 0. The van der Waals surface area contributed by atoms with E-state index >= 15 is 0 Å². The van der Waals surface area contributed by atoms with Crippen LogP contribution in [-0.2, 0) is 105 Å².